The van der Waals surface area contributed by atoms with Gasteiger partial charge in [0.25, 0.3) is 5.91 Å². The average molecular weight is 584 g/mol. The second-order valence-corrected chi connectivity index (χ2v) is 11.5. The van der Waals surface area contributed by atoms with E-state index in [1.54, 1.807) is 30.3 Å². The fourth-order valence-corrected chi connectivity index (χ4v) is 6.46. The smallest absolute Gasteiger partial charge is 0.370 e. The molecular weight excluding hydrogens is 560 g/mol. The van der Waals surface area contributed by atoms with E-state index in [-0.39, 0.29) is 33.7 Å². The molecule has 0 radical (unpaired) electrons. The molecule has 0 spiro atoms. The Labute approximate surface area is 223 Å². The van der Waals surface area contributed by atoms with Crippen molar-refractivity contribution in [2.75, 3.05) is 38.6 Å². The molecule has 13 nitrogen and oxygen atoms in total. The summed E-state index contributed by atoms with van der Waals surface area (Å²) < 4.78 is 45.8. The minimum Gasteiger partial charge on any atom is -0.491 e. The first-order chi connectivity index (χ1) is 18.3. The van der Waals surface area contributed by atoms with Gasteiger partial charge >= 0.3 is 15.9 Å². The number of nitrogens with one attached hydrogen (secondary N) is 3. The predicted molar refractivity (Wildman–Crippen MR) is 142 cm³/mol. The SMILES string of the molecule is CONC(=O)c1ccc(Nc2ncc(Cl)c(Nc3ccccc3P(=O)(OC)O[PH](=O)OC)n2)c2c1CCO2. The molecule has 0 saturated carbocycles. The molecular formula is C22H24ClN5O8P2. The maximum Gasteiger partial charge on any atom is 0.370 e. The van der Waals surface area contributed by atoms with Gasteiger partial charge in [0.15, 0.2) is 5.82 Å². The van der Waals surface area contributed by atoms with Gasteiger partial charge in [-0.2, -0.15) is 4.98 Å². The first-order valence-electron chi connectivity index (χ1n) is 11.0. The summed E-state index contributed by atoms with van der Waals surface area (Å²) in [5.41, 5.74) is 4.29. The Kier molecular flexibility index (Phi) is 9.01. The highest BCUT2D eigenvalue weighted by atomic mass is 35.5. The Balaban J connectivity index is 1.63. The van der Waals surface area contributed by atoms with E-state index in [1.165, 1.54) is 33.6 Å². The topological polar surface area (TPSA) is 159 Å². The van der Waals surface area contributed by atoms with Crippen LogP contribution in [0.1, 0.15) is 15.9 Å². The predicted octanol–water partition coefficient (Wildman–Crippen LogP) is 4.36. The number of rotatable bonds is 11. The minimum atomic E-state index is -4.02. The Bertz CT molecular complexity index is 1430. The van der Waals surface area contributed by atoms with Gasteiger partial charge in [-0.05, 0) is 24.3 Å². The van der Waals surface area contributed by atoms with Crippen LogP contribution in [0.25, 0.3) is 0 Å². The van der Waals surface area contributed by atoms with Gasteiger partial charge < -0.3 is 24.4 Å². The number of fused-ring (bicyclic) bond motifs is 1. The number of ether oxygens (including phenoxy) is 1. The number of aromatic nitrogens is 2. The lowest BCUT2D eigenvalue weighted by atomic mass is 10.0. The van der Waals surface area contributed by atoms with Crippen LogP contribution in [-0.4, -0.2) is 43.8 Å². The number of hydroxylamine groups is 1. The summed E-state index contributed by atoms with van der Waals surface area (Å²) in [6.07, 6.45) is 1.92. The molecule has 16 heteroatoms. The molecule has 1 aliphatic heterocycles. The molecule has 0 bridgehead atoms. The molecule has 2 heterocycles. The van der Waals surface area contributed by atoms with E-state index in [1.807, 2.05) is 0 Å². The van der Waals surface area contributed by atoms with Crippen molar-refractivity contribution in [3.8, 4) is 5.75 Å². The second kappa shape index (κ2) is 12.2. The van der Waals surface area contributed by atoms with Crippen molar-refractivity contribution in [1.29, 1.82) is 0 Å². The molecule has 1 aliphatic rings. The molecule has 2 atom stereocenters. The van der Waals surface area contributed by atoms with E-state index < -0.39 is 15.9 Å². The zero-order chi connectivity index (χ0) is 27.3. The molecule has 1 amide bonds. The second-order valence-electron chi connectivity index (χ2n) is 7.58. The summed E-state index contributed by atoms with van der Waals surface area (Å²) in [6.45, 7) is 0.406. The maximum atomic E-state index is 13.3. The average Bonchev–Trinajstić information content (AvgIpc) is 3.41. The van der Waals surface area contributed by atoms with E-state index in [2.05, 4.69) is 30.6 Å². The number of hydrogen-bond acceptors (Lipinski definition) is 12. The zero-order valence-corrected chi connectivity index (χ0v) is 23.1. The Morgan fingerprint density at radius 1 is 1.13 bits per heavy atom. The quantitative estimate of drug-likeness (QED) is 0.216. The molecule has 1 aromatic heterocycles. The van der Waals surface area contributed by atoms with Gasteiger partial charge in [0.05, 0.1) is 36.6 Å². The van der Waals surface area contributed by atoms with Crippen LogP contribution in [0.2, 0.25) is 5.02 Å². The largest absolute Gasteiger partial charge is 0.491 e. The molecule has 3 aromatic rings. The van der Waals surface area contributed by atoms with Crippen molar-refractivity contribution >= 4 is 61.8 Å². The lowest BCUT2D eigenvalue weighted by molar-refractivity contribution is 0.0537. The van der Waals surface area contributed by atoms with Crippen molar-refractivity contribution in [2.24, 2.45) is 0 Å². The molecule has 202 valence electrons. The highest BCUT2D eigenvalue weighted by Crippen LogP contribution is 2.55. The van der Waals surface area contributed by atoms with Crippen LogP contribution in [-0.2, 0) is 33.7 Å². The third-order valence-corrected chi connectivity index (χ3v) is 8.97. The number of nitrogens with zero attached hydrogens (tertiary/aromatic N) is 2. The normalized spacial score (nSPS) is 14.6. The van der Waals surface area contributed by atoms with Gasteiger partial charge in [-0.15, -0.1) is 0 Å². The zero-order valence-electron chi connectivity index (χ0n) is 20.4. The third-order valence-electron chi connectivity index (χ3n) is 5.34. The van der Waals surface area contributed by atoms with Gasteiger partial charge in [0.2, 0.25) is 5.95 Å². The van der Waals surface area contributed by atoms with Crippen molar-refractivity contribution in [3.63, 3.8) is 0 Å². The number of carbonyl (C=O) groups is 1. The molecule has 3 N–H and O–H groups in total. The van der Waals surface area contributed by atoms with Crippen LogP contribution >= 0.6 is 27.5 Å². The Hall–Kier alpha value is -3.02. The van der Waals surface area contributed by atoms with E-state index in [9.17, 15) is 13.9 Å². The number of halogens is 1. The fraction of sp³-hybridized carbons (Fsp3) is 0.227. The first-order valence-corrected chi connectivity index (χ1v) is 14.2. The maximum absolute atomic E-state index is 13.3. The molecule has 4 rings (SSSR count). The fourth-order valence-electron chi connectivity index (χ4n) is 3.66. The van der Waals surface area contributed by atoms with E-state index in [0.717, 1.165) is 5.56 Å². The van der Waals surface area contributed by atoms with Gasteiger partial charge in [0.1, 0.15) is 10.8 Å². The number of hydrogen-bond donors (Lipinski definition) is 3. The first kappa shape index (κ1) is 28.0. The molecule has 38 heavy (non-hydrogen) atoms. The van der Waals surface area contributed by atoms with E-state index >= 15 is 0 Å². The Morgan fingerprint density at radius 3 is 2.66 bits per heavy atom. The highest BCUT2D eigenvalue weighted by Gasteiger charge is 2.32. The lowest BCUT2D eigenvalue weighted by Gasteiger charge is -2.19. The minimum absolute atomic E-state index is 0.0956. The molecule has 2 unspecified atom stereocenters. The summed E-state index contributed by atoms with van der Waals surface area (Å²) in [7, 11) is -3.40. The number of anilines is 4. The number of carbonyl (C=O) groups excluding carboxylic acids is 1. The standard InChI is InChI=1S/C22H24ClN5O8P2/c1-32-28-21(29)14-8-9-17(19-13(14)10-11-35-19)26-22-24-12-15(23)20(27-22)25-16-6-4-5-7-18(16)38(31,34-3)36-37(30)33-2/h4-9,12,37H,10-11H2,1-3H3,(H,28,29)(H2,24,25,26,27). The summed E-state index contributed by atoms with van der Waals surface area (Å²) in [4.78, 5) is 25.7. The summed E-state index contributed by atoms with van der Waals surface area (Å²) in [5.74, 6) is 0.449. The van der Waals surface area contributed by atoms with Crippen LogP contribution < -0.4 is 26.2 Å². The molecule has 2 aromatic carbocycles. The van der Waals surface area contributed by atoms with E-state index in [4.69, 9.17) is 30.0 Å². The number of amides is 1. The van der Waals surface area contributed by atoms with Gasteiger partial charge in [-0.25, -0.2) is 14.8 Å². The van der Waals surface area contributed by atoms with Crippen LogP contribution in [0, 0.1) is 0 Å². The molecule has 0 saturated heterocycles. The monoisotopic (exact) mass is 583 g/mol. The van der Waals surface area contributed by atoms with Crippen LogP contribution in [0.4, 0.5) is 23.1 Å². The summed E-state index contributed by atoms with van der Waals surface area (Å²) >= 11 is 6.34. The van der Waals surface area contributed by atoms with Crippen molar-refractivity contribution in [2.45, 2.75) is 6.42 Å². The highest BCUT2D eigenvalue weighted by molar-refractivity contribution is 7.67. The van der Waals surface area contributed by atoms with Gasteiger partial charge in [0, 0.05) is 31.8 Å². The van der Waals surface area contributed by atoms with Crippen molar-refractivity contribution in [3.05, 3.63) is 58.7 Å². The number of para-hydroxylation sites is 1. The third kappa shape index (κ3) is 6.00. The lowest BCUT2D eigenvalue weighted by Crippen LogP contribution is -2.23. The number of benzene rings is 2. The van der Waals surface area contributed by atoms with Crippen molar-refractivity contribution in [1.82, 2.24) is 15.4 Å². The molecule has 0 aliphatic carbocycles. The summed E-state index contributed by atoms with van der Waals surface area (Å²) in [6, 6.07) is 9.70. The van der Waals surface area contributed by atoms with Gasteiger partial charge in [-0.3, -0.25) is 18.8 Å². The summed E-state index contributed by atoms with van der Waals surface area (Å²) in [5, 5.41) is 6.34. The van der Waals surface area contributed by atoms with Crippen LogP contribution in [0.3, 0.4) is 0 Å². The Morgan fingerprint density at radius 2 is 1.92 bits per heavy atom. The van der Waals surface area contributed by atoms with Crippen LogP contribution in [0.15, 0.2) is 42.6 Å². The molecule has 0 fully saturated rings. The van der Waals surface area contributed by atoms with Gasteiger partial charge in [-0.1, -0.05) is 23.7 Å². The van der Waals surface area contributed by atoms with Crippen molar-refractivity contribution < 1.29 is 36.9 Å². The van der Waals surface area contributed by atoms with Crippen LogP contribution in [0.5, 0.6) is 5.75 Å². The van der Waals surface area contributed by atoms with E-state index in [0.29, 0.717) is 30.0 Å².